The fourth-order valence-corrected chi connectivity index (χ4v) is 3.23. The molecule has 1 aromatic heterocycles. The van der Waals surface area contributed by atoms with E-state index in [1.807, 2.05) is 24.3 Å². The van der Waals surface area contributed by atoms with Crippen LogP contribution in [-0.2, 0) is 0 Å². The lowest BCUT2D eigenvalue weighted by Crippen LogP contribution is -2.50. The summed E-state index contributed by atoms with van der Waals surface area (Å²) in [5.41, 5.74) is 1.12. The minimum Gasteiger partial charge on any atom is -0.368 e. The highest BCUT2D eigenvalue weighted by Gasteiger charge is 2.21. The molecule has 1 N–H and O–H groups in total. The SMILES string of the molecule is O=C(Nc1ncc(Cl)s1)N1CCN(c2ccc(Cl)cc2)CC1. The van der Waals surface area contributed by atoms with Crippen molar-refractivity contribution in [3.63, 3.8) is 0 Å². The molecule has 2 amide bonds. The van der Waals surface area contributed by atoms with Gasteiger partial charge in [0.25, 0.3) is 0 Å². The van der Waals surface area contributed by atoms with E-state index in [-0.39, 0.29) is 6.03 Å². The molecule has 0 unspecified atom stereocenters. The van der Waals surface area contributed by atoms with Gasteiger partial charge in [-0.05, 0) is 24.3 Å². The Morgan fingerprint density at radius 2 is 1.82 bits per heavy atom. The van der Waals surface area contributed by atoms with Crippen molar-refractivity contribution in [3.05, 3.63) is 39.8 Å². The fraction of sp³-hybridized carbons (Fsp3) is 0.286. The van der Waals surface area contributed by atoms with Crippen molar-refractivity contribution in [3.8, 4) is 0 Å². The summed E-state index contributed by atoms with van der Waals surface area (Å²) in [4.78, 5) is 20.2. The van der Waals surface area contributed by atoms with Crippen molar-refractivity contribution in [1.29, 1.82) is 0 Å². The third kappa shape index (κ3) is 3.63. The largest absolute Gasteiger partial charge is 0.368 e. The number of nitrogens with zero attached hydrogens (tertiary/aromatic N) is 3. The van der Waals surface area contributed by atoms with Gasteiger partial charge in [-0.15, -0.1) is 0 Å². The van der Waals surface area contributed by atoms with E-state index in [9.17, 15) is 4.79 Å². The predicted molar refractivity (Wildman–Crippen MR) is 91.4 cm³/mol. The predicted octanol–water partition coefficient (Wildman–Crippen LogP) is 3.80. The zero-order valence-electron chi connectivity index (χ0n) is 11.6. The first-order chi connectivity index (χ1) is 10.6. The second kappa shape index (κ2) is 6.73. The lowest BCUT2D eigenvalue weighted by molar-refractivity contribution is 0.208. The Bertz CT molecular complexity index is 653. The smallest absolute Gasteiger partial charge is 0.323 e. The lowest BCUT2D eigenvalue weighted by Gasteiger charge is -2.35. The lowest BCUT2D eigenvalue weighted by atomic mass is 10.2. The van der Waals surface area contributed by atoms with Gasteiger partial charge in [-0.2, -0.15) is 0 Å². The van der Waals surface area contributed by atoms with E-state index in [1.165, 1.54) is 17.5 Å². The number of aromatic nitrogens is 1. The van der Waals surface area contributed by atoms with Crippen molar-refractivity contribution in [2.24, 2.45) is 0 Å². The van der Waals surface area contributed by atoms with Gasteiger partial charge in [-0.25, -0.2) is 9.78 Å². The topological polar surface area (TPSA) is 48.5 Å². The van der Waals surface area contributed by atoms with Crippen LogP contribution in [0.3, 0.4) is 0 Å². The number of thiazole rings is 1. The minimum atomic E-state index is -0.137. The van der Waals surface area contributed by atoms with E-state index in [4.69, 9.17) is 23.2 Å². The fourth-order valence-electron chi connectivity index (χ4n) is 2.30. The monoisotopic (exact) mass is 356 g/mol. The molecule has 1 aliphatic heterocycles. The van der Waals surface area contributed by atoms with E-state index in [2.05, 4.69) is 15.2 Å². The number of rotatable bonds is 2. The van der Waals surface area contributed by atoms with Crippen LogP contribution in [0.25, 0.3) is 0 Å². The van der Waals surface area contributed by atoms with Crippen molar-refractivity contribution in [2.45, 2.75) is 0 Å². The number of amides is 2. The molecular weight excluding hydrogens is 343 g/mol. The van der Waals surface area contributed by atoms with Crippen LogP contribution in [-0.4, -0.2) is 42.1 Å². The third-order valence-corrected chi connectivity index (χ3v) is 4.73. The molecule has 22 heavy (non-hydrogen) atoms. The van der Waals surface area contributed by atoms with Crippen LogP contribution >= 0.6 is 34.5 Å². The third-order valence-electron chi connectivity index (χ3n) is 3.45. The number of carbonyl (C=O) groups is 1. The molecule has 1 saturated heterocycles. The Labute approximate surface area is 142 Å². The maximum absolute atomic E-state index is 12.2. The Morgan fingerprint density at radius 3 is 2.41 bits per heavy atom. The van der Waals surface area contributed by atoms with Gasteiger partial charge >= 0.3 is 6.03 Å². The molecule has 0 radical (unpaired) electrons. The van der Waals surface area contributed by atoms with Crippen molar-refractivity contribution in [1.82, 2.24) is 9.88 Å². The molecule has 0 bridgehead atoms. The minimum absolute atomic E-state index is 0.137. The molecule has 2 aromatic rings. The Morgan fingerprint density at radius 1 is 1.14 bits per heavy atom. The summed E-state index contributed by atoms with van der Waals surface area (Å²) in [6.45, 7) is 2.89. The first-order valence-corrected chi connectivity index (χ1v) is 8.37. The zero-order chi connectivity index (χ0) is 15.5. The van der Waals surface area contributed by atoms with Crippen molar-refractivity contribution >= 4 is 51.4 Å². The van der Waals surface area contributed by atoms with Gasteiger partial charge in [-0.1, -0.05) is 34.5 Å². The molecular formula is C14H14Cl2N4OS. The number of urea groups is 1. The molecule has 0 aliphatic carbocycles. The standard InChI is InChI=1S/C14H14Cl2N4OS/c15-10-1-3-11(4-2-10)19-5-7-20(8-6-19)14(21)18-13-17-9-12(16)22-13/h1-4,9H,5-8H2,(H,17,18,21). The Kier molecular flexibility index (Phi) is 4.71. The molecule has 1 aliphatic rings. The van der Waals surface area contributed by atoms with E-state index < -0.39 is 0 Å². The zero-order valence-corrected chi connectivity index (χ0v) is 14.0. The van der Waals surface area contributed by atoms with Crippen LogP contribution in [0.2, 0.25) is 9.36 Å². The highest BCUT2D eigenvalue weighted by Crippen LogP contribution is 2.23. The molecule has 0 atom stereocenters. The van der Waals surface area contributed by atoms with E-state index in [1.54, 1.807) is 4.90 Å². The molecule has 8 heteroatoms. The molecule has 116 valence electrons. The second-order valence-corrected chi connectivity index (χ2v) is 6.95. The molecule has 0 saturated carbocycles. The number of hydrogen-bond donors (Lipinski definition) is 1. The van der Waals surface area contributed by atoms with Crippen LogP contribution in [0, 0.1) is 0 Å². The maximum Gasteiger partial charge on any atom is 0.323 e. The van der Waals surface area contributed by atoms with Crippen LogP contribution in [0.5, 0.6) is 0 Å². The van der Waals surface area contributed by atoms with Crippen LogP contribution in [0.15, 0.2) is 30.5 Å². The number of benzene rings is 1. The number of nitrogens with one attached hydrogen (secondary N) is 1. The second-order valence-electron chi connectivity index (χ2n) is 4.85. The van der Waals surface area contributed by atoms with E-state index in [0.717, 1.165) is 23.8 Å². The number of anilines is 2. The quantitative estimate of drug-likeness (QED) is 0.889. The Balaban J connectivity index is 1.54. The number of piperazine rings is 1. The molecule has 0 spiro atoms. The maximum atomic E-state index is 12.2. The molecule has 3 rings (SSSR count). The summed E-state index contributed by atoms with van der Waals surface area (Å²) in [5.74, 6) is 0. The molecule has 2 heterocycles. The van der Waals surface area contributed by atoms with Gasteiger partial charge in [0.05, 0.1) is 6.20 Å². The molecule has 1 fully saturated rings. The summed E-state index contributed by atoms with van der Waals surface area (Å²) >= 11 is 13.0. The van der Waals surface area contributed by atoms with E-state index >= 15 is 0 Å². The van der Waals surface area contributed by atoms with Crippen LogP contribution < -0.4 is 10.2 Å². The number of carbonyl (C=O) groups excluding carboxylic acids is 1. The van der Waals surface area contributed by atoms with Crippen LogP contribution in [0.4, 0.5) is 15.6 Å². The highest BCUT2D eigenvalue weighted by molar-refractivity contribution is 7.19. The highest BCUT2D eigenvalue weighted by atomic mass is 35.5. The summed E-state index contributed by atoms with van der Waals surface area (Å²) in [6.07, 6.45) is 1.53. The van der Waals surface area contributed by atoms with E-state index in [0.29, 0.717) is 22.6 Å². The number of halogens is 2. The summed E-state index contributed by atoms with van der Waals surface area (Å²) in [7, 11) is 0. The summed E-state index contributed by atoms with van der Waals surface area (Å²) < 4.78 is 0.558. The van der Waals surface area contributed by atoms with Gasteiger partial charge in [0, 0.05) is 36.9 Å². The average Bonchev–Trinajstić information content (AvgIpc) is 2.93. The normalized spacial score (nSPS) is 15.0. The first-order valence-electron chi connectivity index (χ1n) is 6.79. The Hall–Kier alpha value is -1.50. The number of hydrogen-bond acceptors (Lipinski definition) is 4. The summed E-state index contributed by atoms with van der Waals surface area (Å²) in [5, 5.41) is 4.02. The van der Waals surface area contributed by atoms with Gasteiger partial charge in [-0.3, -0.25) is 5.32 Å². The van der Waals surface area contributed by atoms with Gasteiger partial charge in [0.2, 0.25) is 0 Å². The van der Waals surface area contributed by atoms with Crippen LogP contribution in [0.1, 0.15) is 0 Å². The molecule has 1 aromatic carbocycles. The van der Waals surface area contributed by atoms with Crippen molar-refractivity contribution < 1.29 is 4.79 Å². The first kappa shape index (κ1) is 15.4. The van der Waals surface area contributed by atoms with Gasteiger partial charge < -0.3 is 9.80 Å². The van der Waals surface area contributed by atoms with Gasteiger partial charge in [0.1, 0.15) is 4.34 Å². The molecule has 5 nitrogen and oxygen atoms in total. The summed E-state index contributed by atoms with van der Waals surface area (Å²) in [6, 6.07) is 7.61. The average molecular weight is 357 g/mol. The van der Waals surface area contributed by atoms with Crippen molar-refractivity contribution in [2.75, 3.05) is 36.4 Å². The van der Waals surface area contributed by atoms with Gasteiger partial charge in [0.15, 0.2) is 5.13 Å².